The highest BCUT2D eigenvalue weighted by atomic mass is 79.9. The lowest BCUT2D eigenvalue weighted by Crippen LogP contribution is -2.20. The first-order valence-corrected chi connectivity index (χ1v) is 7.46. The molecule has 2 aromatic rings. The third-order valence-corrected chi connectivity index (χ3v) is 3.76. The van der Waals surface area contributed by atoms with Gasteiger partial charge in [-0.2, -0.15) is 0 Å². The van der Waals surface area contributed by atoms with Gasteiger partial charge in [0.25, 0.3) is 0 Å². The molecule has 0 unspecified atom stereocenters. The van der Waals surface area contributed by atoms with Crippen LogP contribution >= 0.6 is 15.9 Å². The summed E-state index contributed by atoms with van der Waals surface area (Å²) in [6, 6.07) is 8.22. The van der Waals surface area contributed by atoms with Gasteiger partial charge in [0.15, 0.2) is 0 Å². The monoisotopic (exact) mass is 334 g/mol. The predicted octanol–water partition coefficient (Wildman–Crippen LogP) is 2.99. The Labute approximate surface area is 128 Å². The number of nitrogens with one attached hydrogen (secondary N) is 1. The zero-order valence-corrected chi connectivity index (χ0v) is 13.4. The fourth-order valence-corrected chi connectivity index (χ4v) is 2.29. The third-order valence-electron chi connectivity index (χ3n) is 2.98. The summed E-state index contributed by atoms with van der Waals surface area (Å²) in [7, 11) is 2.03. The van der Waals surface area contributed by atoms with Crippen molar-refractivity contribution in [2.24, 2.45) is 0 Å². The van der Waals surface area contributed by atoms with Crippen LogP contribution in [0.25, 0.3) is 0 Å². The van der Waals surface area contributed by atoms with E-state index in [4.69, 9.17) is 0 Å². The van der Waals surface area contributed by atoms with Crippen molar-refractivity contribution in [2.45, 2.75) is 20.0 Å². The van der Waals surface area contributed by atoms with Crippen LogP contribution in [-0.4, -0.2) is 23.6 Å². The number of nitrogens with zero attached hydrogens (tertiary/aromatic N) is 3. The number of hydrogen-bond acceptors (Lipinski definition) is 4. The highest BCUT2D eigenvalue weighted by Gasteiger charge is 2.07. The molecular weight excluding hydrogens is 316 g/mol. The number of halogens is 1. The third kappa shape index (κ3) is 4.02. The van der Waals surface area contributed by atoms with Gasteiger partial charge < -0.3 is 10.2 Å². The van der Waals surface area contributed by atoms with Crippen molar-refractivity contribution in [3.63, 3.8) is 0 Å². The summed E-state index contributed by atoms with van der Waals surface area (Å²) >= 11 is 3.57. The van der Waals surface area contributed by atoms with Crippen molar-refractivity contribution < 1.29 is 0 Å². The van der Waals surface area contributed by atoms with Crippen molar-refractivity contribution in [2.75, 3.05) is 18.5 Å². The molecule has 0 aliphatic rings. The summed E-state index contributed by atoms with van der Waals surface area (Å²) in [4.78, 5) is 11.0. The molecule has 0 spiro atoms. The normalized spacial score (nSPS) is 10.6. The van der Waals surface area contributed by atoms with E-state index in [0.717, 1.165) is 35.6 Å². The second-order valence-corrected chi connectivity index (χ2v) is 5.45. The Bertz CT molecular complexity index is 559. The molecule has 1 heterocycles. The predicted molar refractivity (Wildman–Crippen MR) is 85.7 cm³/mol. The maximum absolute atomic E-state index is 4.62. The highest BCUT2D eigenvalue weighted by Crippen LogP contribution is 2.19. The minimum absolute atomic E-state index is 0.750. The lowest BCUT2D eigenvalue weighted by atomic mass is 10.2. The number of hydrogen-bond donors (Lipinski definition) is 1. The van der Waals surface area contributed by atoms with Gasteiger partial charge >= 0.3 is 0 Å². The molecule has 0 radical (unpaired) electrons. The van der Waals surface area contributed by atoms with Crippen LogP contribution in [0.4, 0.5) is 5.82 Å². The molecule has 2 rings (SSSR count). The van der Waals surface area contributed by atoms with Gasteiger partial charge in [0.2, 0.25) is 0 Å². The molecule has 1 N–H and O–H groups in total. The van der Waals surface area contributed by atoms with Gasteiger partial charge in [0.05, 0.1) is 11.9 Å². The van der Waals surface area contributed by atoms with E-state index in [1.165, 1.54) is 5.56 Å². The Hall–Kier alpha value is -1.46. The van der Waals surface area contributed by atoms with Gasteiger partial charge in [-0.3, -0.25) is 4.98 Å². The molecule has 106 valence electrons. The van der Waals surface area contributed by atoms with E-state index < -0.39 is 0 Å². The van der Waals surface area contributed by atoms with Crippen molar-refractivity contribution in [1.29, 1.82) is 0 Å². The topological polar surface area (TPSA) is 41.1 Å². The largest absolute Gasteiger partial charge is 0.354 e. The SMILES string of the molecule is CCNCc1cncc(N(C)Cc2ccccc2Br)n1. The van der Waals surface area contributed by atoms with Crippen molar-refractivity contribution in [3.05, 3.63) is 52.4 Å². The lowest BCUT2D eigenvalue weighted by Gasteiger charge is -2.19. The van der Waals surface area contributed by atoms with Crippen molar-refractivity contribution >= 4 is 21.7 Å². The zero-order chi connectivity index (χ0) is 14.4. The minimum atomic E-state index is 0.750. The Morgan fingerprint density at radius 2 is 2.05 bits per heavy atom. The molecule has 0 aliphatic carbocycles. The van der Waals surface area contributed by atoms with Crippen molar-refractivity contribution in [3.8, 4) is 0 Å². The van der Waals surface area contributed by atoms with Crippen LogP contribution < -0.4 is 10.2 Å². The summed E-state index contributed by atoms with van der Waals surface area (Å²) < 4.78 is 1.11. The Morgan fingerprint density at radius 3 is 2.80 bits per heavy atom. The van der Waals surface area contributed by atoms with Gasteiger partial charge in [-0.1, -0.05) is 41.1 Å². The standard InChI is InChI=1S/C15H19BrN4/c1-3-17-8-13-9-18-10-15(19-13)20(2)11-12-6-4-5-7-14(12)16/h4-7,9-10,17H,3,8,11H2,1-2H3. The summed E-state index contributed by atoms with van der Waals surface area (Å²) in [6.45, 7) is 4.55. The fourth-order valence-electron chi connectivity index (χ4n) is 1.88. The van der Waals surface area contributed by atoms with Gasteiger partial charge in [-0.05, 0) is 18.2 Å². The summed E-state index contributed by atoms with van der Waals surface area (Å²) in [5, 5.41) is 3.26. The first kappa shape index (κ1) is 14.9. The van der Waals surface area contributed by atoms with Gasteiger partial charge in [0, 0.05) is 30.8 Å². The van der Waals surface area contributed by atoms with Crippen LogP contribution in [0.5, 0.6) is 0 Å². The molecule has 0 atom stereocenters. The Kier molecular flexibility index (Phi) is 5.49. The van der Waals surface area contributed by atoms with E-state index in [-0.39, 0.29) is 0 Å². The van der Waals surface area contributed by atoms with Crippen LogP contribution in [0.3, 0.4) is 0 Å². The van der Waals surface area contributed by atoms with Gasteiger partial charge in [-0.25, -0.2) is 4.98 Å². The molecule has 0 amide bonds. The van der Waals surface area contributed by atoms with E-state index in [9.17, 15) is 0 Å². The van der Waals surface area contributed by atoms with Gasteiger partial charge in [0.1, 0.15) is 5.82 Å². The smallest absolute Gasteiger partial charge is 0.147 e. The van der Waals surface area contributed by atoms with E-state index in [2.05, 4.69) is 55.2 Å². The summed E-state index contributed by atoms with van der Waals surface area (Å²) in [5.74, 6) is 0.885. The lowest BCUT2D eigenvalue weighted by molar-refractivity contribution is 0.704. The van der Waals surface area contributed by atoms with E-state index >= 15 is 0 Å². The minimum Gasteiger partial charge on any atom is -0.354 e. The molecular formula is C15H19BrN4. The quantitative estimate of drug-likeness (QED) is 0.881. The second-order valence-electron chi connectivity index (χ2n) is 4.60. The molecule has 1 aromatic heterocycles. The zero-order valence-electron chi connectivity index (χ0n) is 11.8. The molecule has 0 bridgehead atoms. The van der Waals surface area contributed by atoms with E-state index in [0.29, 0.717) is 0 Å². The molecule has 1 aromatic carbocycles. The number of benzene rings is 1. The Morgan fingerprint density at radius 1 is 1.25 bits per heavy atom. The maximum Gasteiger partial charge on any atom is 0.147 e. The summed E-state index contributed by atoms with van der Waals surface area (Å²) in [5.41, 5.74) is 2.19. The Balaban J connectivity index is 2.09. The highest BCUT2D eigenvalue weighted by molar-refractivity contribution is 9.10. The van der Waals surface area contributed by atoms with Crippen LogP contribution in [0.15, 0.2) is 41.1 Å². The molecule has 0 aliphatic heterocycles. The second kappa shape index (κ2) is 7.36. The van der Waals surface area contributed by atoms with Crippen LogP contribution in [0.1, 0.15) is 18.2 Å². The average Bonchev–Trinajstić information content (AvgIpc) is 2.48. The molecule has 0 saturated carbocycles. The van der Waals surface area contributed by atoms with Crippen molar-refractivity contribution in [1.82, 2.24) is 15.3 Å². The van der Waals surface area contributed by atoms with Crippen LogP contribution in [0.2, 0.25) is 0 Å². The number of anilines is 1. The van der Waals surface area contributed by atoms with Crippen LogP contribution in [0, 0.1) is 0 Å². The number of aromatic nitrogens is 2. The maximum atomic E-state index is 4.62. The van der Waals surface area contributed by atoms with E-state index in [1.54, 1.807) is 12.4 Å². The first-order valence-electron chi connectivity index (χ1n) is 6.67. The molecule has 0 fully saturated rings. The average molecular weight is 335 g/mol. The molecule has 20 heavy (non-hydrogen) atoms. The molecule has 5 heteroatoms. The first-order chi connectivity index (χ1) is 9.70. The number of rotatable bonds is 6. The fraction of sp³-hybridized carbons (Fsp3) is 0.333. The van der Waals surface area contributed by atoms with Gasteiger partial charge in [-0.15, -0.1) is 0 Å². The molecule has 4 nitrogen and oxygen atoms in total. The van der Waals surface area contributed by atoms with Crippen LogP contribution in [-0.2, 0) is 13.1 Å². The van der Waals surface area contributed by atoms with E-state index in [1.807, 2.05) is 19.2 Å². The molecule has 0 saturated heterocycles. The summed E-state index contributed by atoms with van der Waals surface area (Å²) in [6.07, 6.45) is 3.60.